The normalized spacial score (nSPS) is 20.5. The molecule has 0 aromatic carbocycles. The van der Waals surface area contributed by atoms with Gasteiger partial charge < -0.3 is 15.2 Å². The lowest BCUT2D eigenvalue weighted by atomic mass is 10.0. The average Bonchev–Trinajstić information content (AvgIpc) is 2.00. The van der Waals surface area contributed by atoms with Gasteiger partial charge in [-0.15, -0.1) is 5.92 Å². The van der Waals surface area contributed by atoms with Crippen LogP contribution in [-0.4, -0.2) is 30.8 Å². The maximum atomic E-state index is 11.2. The number of hydrogen-bond donors (Lipinski definition) is 1. The zero-order valence-corrected chi connectivity index (χ0v) is 7.79. The molecule has 1 heterocycles. The van der Waals surface area contributed by atoms with Crippen LogP contribution in [0.4, 0.5) is 0 Å². The highest BCUT2D eigenvalue weighted by Crippen LogP contribution is 2.21. The molecular formula is C9H13NO3. The second kappa shape index (κ2) is 3.77. The Bertz CT molecular complexity index is 258. The number of nitrogens with two attached hydrogens (primary N) is 1. The van der Waals surface area contributed by atoms with Gasteiger partial charge in [-0.1, -0.05) is 5.92 Å². The van der Waals surface area contributed by atoms with Crippen LogP contribution in [0.15, 0.2) is 0 Å². The molecule has 1 fully saturated rings. The minimum absolute atomic E-state index is 0.340. The molecule has 1 atom stereocenters. The zero-order chi connectivity index (χ0) is 9.90. The molecule has 0 radical (unpaired) electrons. The van der Waals surface area contributed by atoms with Gasteiger partial charge in [0.15, 0.2) is 0 Å². The number of esters is 1. The Hall–Kier alpha value is -1.05. The van der Waals surface area contributed by atoms with Gasteiger partial charge in [0.1, 0.15) is 19.3 Å². The molecule has 0 aliphatic carbocycles. The number of carbonyl (C=O) groups is 1. The molecular weight excluding hydrogens is 170 g/mol. The first-order chi connectivity index (χ1) is 6.09. The van der Waals surface area contributed by atoms with Crippen LogP contribution in [0.2, 0.25) is 0 Å². The maximum absolute atomic E-state index is 11.2. The van der Waals surface area contributed by atoms with Crippen LogP contribution in [0, 0.1) is 11.8 Å². The summed E-state index contributed by atoms with van der Waals surface area (Å²) in [4.78, 5) is 11.2. The Kier molecular flexibility index (Phi) is 2.91. The van der Waals surface area contributed by atoms with Crippen molar-refractivity contribution in [2.24, 2.45) is 5.73 Å². The summed E-state index contributed by atoms with van der Waals surface area (Å²) >= 11 is 0. The van der Waals surface area contributed by atoms with E-state index in [0.29, 0.717) is 13.2 Å². The molecule has 1 aliphatic heterocycles. The molecule has 1 rings (SSSR count). The first-order valence-corrected chi connectivity index (χ1v) is 4.10. The van der Waals surface area contributed by atoms with Crippen molar-refractivity contribution >= 4 is 5.97 Å². The predicted molar refractivity (Wildman–Crippen MR) is 46.7 cm³/mol. The van der Waals surface area contributed by atoms with Gasteiger partial charge >= 0.3 is 5.97 Å². The fourth-order valence-corrected chi connectivity index (χ4v) is 0.957. The van der Waals surface area contributed by atoms with Crippen molar-refractivity contribution in [3.05, 3.63) is 0 Å². The molecule has 72 valence electrons. The molecule has 0 bridgehead atoms. The second-order valence-corrected chi connectivity index (χ2v) is 3.07. The van der Waals surface area contributed by atoms with E-state index in [-0.39, 0.29) is 0 Å². The molecule has 1 aliphatic rings. The van der Waals surface area contributed by atoms with Crippen LogP contribution in [0.25, 0.3) is 0 Å². The Balaban J connectivity index is 2.57. The lowest BCUT2D eigenvalue weighted by molar-refractivity contribution is -0.193. The third-order valence-electron chi connectivity index (χ3n) is 1.69. The first kappa shape index (κ1) is 10.0. The van der Waals surface area contributed by atoms with Gasteiger partial charge in [0.05, 0.1) is 0 Å². The van der Waals surface area contributed by atoms with E-state index in [4.69, 9.17) is 15.2 Å². The molecule has 2 N–H and O–H groups in total. The van der Waals surface area contributed by atoms with Gasteiger partial charge in [-0.2, -0.15) is 0 Å². The van der Waals surface area contributed by atoms with Gasteiger partial charge in [0.25, 0.3) is 0 Å². The maximum Gasteiger partial charge on any atom is 0.324 e. The summed E-state index contributed by atoms with van der Waals surface area (Å²) in [6.45, 7) is 3.95. The van der Waals surface area contributed by atoms with Crippen molar-refractivity contribution in [3.63, 3.8) is 0 Å². The Morgan fingerprint density at radius 3 is 2.62 bits per heavy atom. The highest BCUT2D eigenvalue weighted by Gasteiger charge is 2.41. The van der Waals surface area contributed by atoms with Crippen LogP contribution in [-0.2, 0) is 14.3 Å². The quantitative estimate of drug-likeness (QED) is 0.470. The SMILES string of the molecule is CC#CC1(OC(=O)[C@H](C)N)COC1. The molecule has 1 saturated heterocycles. The average molecular weight is 183 g/mol. The van der Waals surface area contributed by atoms with E-state index in [9.17, 15) is 4.79 Å². The van der Waals surface area contributed by atoms with Gasteiger partial charge in [-0.05, 0) is 13.8 Å². The molecule has 0 aromatic rings. The largest absolute Gasteiger partial charge is 0.440 e. The van der Waals surface area contributed by atoms with Gasteiger partial charge in [0, 0.05) is 0 Å². The van der Waals surface area contributed by atoms with E-state index in [1.165, 1.54) is 0 Å². The van der Waals surface area contributed by atoms with Crippen LogP contribution >= 0.6 is 0 Å². The van der Waals surface area contributed by atoms with Crippen LogP contribution in [0.1, 0.15) is 13.8 Å². The van der Waals surface area contributed by atoms with E-state index in [1.54, 1.807) is 13.8 Å². The van der Waals surface area contributed by atoms with Crippen molar-refractivity contribution < 1.29 is 14.3 Å². The number of ether oxygens (including phenoxy) is 2. The van der Waals surface area contributed by atoms with Crippen LogP contribution in [0.3, 0.4) is 0 Å². The third-order valence-corrected chi connectivity index (χ3v) is 1.69. The molecule has 13 heavy (non-hydrogen) atoms. The summed E-state index contributed by atoms with van der Waals surface area (Å²) in [5.74, 6) is 5.08. The fraction of sp³-hybridized carbons (Fsp3) is 0.667. The number of rotatable bonds is 2. The third kappa shape index (κ3) is 2.20. The fourth-order valence-electron chi connectivity index (χ4n) is 0.957. The lowest BCUT2D eigenvalue weighted by Crippen LogP contribution is -2.53. The smallest absolute Gasteiger partial charge is 0.324 e. The summed E-state index contributed by atoms with van der Waals surface area (Å²) in [7, 11) is 0. The lowest BCUT2D eigenvalue weighted by Gasteiger charge is -2.36. The Morgan fingerprint density at radius 2 is 2.31 bits per heavy atom. The summed E-state index contributed by atoms with van der Waals surface area (Å²) in [6, 6.07) is -0.615. The predicted octanol–water partition coefficient (Wildman–Crippen LogP) is -0.331. The van der Waals surface area contributed by atoms with E-state index < -0.39 is 17.6 Å². The highest BCUT2D eigenvalue weighted by molar-refractivity contribution is 5.75. The topological polar surface area (TPSA) is 61.5 Å². The van der Waals surface area contributed by atoms with Gasteiger partial charge in [0.2, 0.25) is 5.60 Å². The summed E-state index contributed by atoms with van der Waals surface area (Å²) in [6.07, 6.45) is 0. The summed E-state index contributed by atoms with van der Waals surface area (Å²) in [5.41, 5.74) is 4.62. The molecule has 0 spiro atoms. The number of carbonyl (C=O) groups excluding carboxylic acids is 1. The van der Waals surface area contributed by atoms with E-state index in [2.05, 4.69) is 11.8 Å². The van der Waals surface area contributed by atoms with Crippen molar-refractivity contribution in [1.82, 2.24) is 0 Å². The molecule has 0 unspecified atom stereocenters. The molecule has 4 nitrogen and oxygen atoms in total. The van der Waals surface area contributed by atoms with Gasteiger partial charge in [-0.25, -0.2) is 0 Å². The summed E-state index contributed by atoms with van der Waals surface area (Å²) < 4.78 is 10.1. The van der Waals surface area contributed by atoms with Crippen LogP contribution in [0.5, 0.6) is 0 Å². The number of hydrogen-bond acceptors (Lipinski definition) is 4. The van der Waals surface area contributed by atoms with E-state index in [0.717, 1.165) is 0 Å². The molecule has 4 heteroatoms. The monoisotopic (exact) mass is 183 g/mol. The van der Waals surface area contributed by atoms with Crippen molar-refractivity contribution in [2.75, 3.05) is 13.2 Å². The highest BCUT2D eigenvalue weighted by atomic mass is 16.6. The molecule has 0 aromatic heterocycles. The minimum atomic E-state index is -0.737. The molecule has 0 amide bonds. The Morgan fingerprint density at radius 1 is 1.69 bits per heavy atom. The van der Waals surface area contributed by atoms with Crippen molar-refractivity contribution in [3.8, 4) is 11.8 Å². The van der Waals surface area contributed by atoms with Gasteiger partial charge in [-0.3, -0.25) is 4.79 Å². The van der Waals surface area contributed by atoms with E-state index in [1.807, 2.05) is 0 Å². The molecule has 0 saturated carbocycles. The zero-order valence-electron chi connectivity index (χ0n) is 7.79. The first-order valence-electron chi connectivity index (χ1n) is 4.10. The van der Waals surface area contributed by atoms with Crippen molar-refractivity contribution in [1.29, 1.82) is 0 Å². The minimum Gasteiger partial charge on any atom is -0.440 e. The summed E-state index contributed by atoms with van der Waals surface area (Å²) in [5, 5.41) is 0. The van der Waals surface area contributed by atoms with Crippen molar-refractivity contribution in [2.45, 2.75) is 25.5 Å². The van der Waals surface area contributed by atoms with E-state index >= 15 is 0 Å². The Labute approximate surface area is 77.4 Å². The standard InChI is InChI=1S/C9H13NO3/c1-3-4-9(5-12-6-9)13-8(11)7(2)10/h7H,5-6,10H2,1-2H3/t7-/m0/s1. The second-order valence-electron chi connectivity index (χ2n) is 3.07. The van der Waals surface area contributed by atoms with Crippen LogP contribution < -0.4 is 5.73 Å².